The Balaban J connectivity index is 1.64. The molecular weight excluding hydrogens is 462 g/mol. The number of pyridine rings is 1. The van der Waals surface area contributed by atoms with E-state index in [1.165, 1.54) is 11.8 Å². The lowest BCUT2D eigenvalue weighted by Gasteiger charge is -2.17. The molecule has 1 N–H and O–H groups in total. The Morgan fingerprint density at radius 3 is 2.60 bits per heavy atom. The van der Waals surface area contributed by atoms with E-state index in [1.807, 2.05) is 34.9 Å². The number of hydrogen-bond acceptors (Lipinski definition) is 7. The molecule has 0 aliphatic rings. The van der Waals surface area contributed by atoms with Gasteiger partial charge in [-0.3, -0.25) is 14.3 Å². The van der Waals surface area contributed by atoms with Crippen molar-refractivity contribution in [2.45, 2.75) is 24.9 Å². The van der Waals surface area contributed by atoms with Gasteiger partial charge in [-0.05, 0) is 41.8 Å². The number of ether oxygens (including phenoxy) is 2. The third-order valence-corrected chi connectivity index (χ3v) is 6.29. The number of methoxy groups -OCH3 is 2. The summed E-state index contributed by atoms with van der Waals surface area (Å²) in [6.45, 7) is 4.30. The number of hydrogen-bond donors (Lipinski definition) is 1. The molecule has 1 amide bonds. The molecule has 2 aromatic carbocycles. The molecule has 0 fully saturated rings. The Labute approximate surface area is 208 Å². The molecule has 0 aliphatic heterocycles. The number of anilines is 1. The predicted molar refractivity (Wildman–Crippen MR) is 138 cm³/mol. The number of carbonyl (C=O) groups is 1. The molecule has 180 valence electrons. The maximum absolute atomic E-state index is 12.9. The minimum atomic E-state index is -0.198. The van der Waals surface area contributed by atoms with Crippen molar-refractivity contribution in [1.82, 2.24) is 19.7 Å². The second-order valence-electron chi connectivity index (χ2n) is 8.00. The van der Waals surface area contributed by atoms with E-state index in [1.54, 1.807) is 44.8 Å². The fourth-order valence-corrected chi connectivity index (χ4v) is 4.41. The van der Waals surface area contributed by atoms with Gasteiger partial charge in [0.15, 0.2) is 11.0 Å². The number of nitrogens with zero attached hydrogens (tertiary/aromatic N) is 4. The number of aromatic nitrogens is 4. The summed E-state index contributed by atoms with van der Waals surface area (Å²) in [6, 6.07) is 17.2. The zero-order valence-corrected chi connectivity index (χ0v) is 20.9. The lowest BCUT2D eigenvalue weighted by atomic mass is 10.0. The third kappa shape index (κ3) is 5.46. The summed E-state index contributed by atoms with van der Waals surface area (Å²) in [5.74, 6) is 2.07. The Bertz CT molecular complexity index is 1310. The number of carbonyl (C=O) groups excluding carboxylic acids is 1. The molecule has 0 aliphatic carbocycles. The van der Waals surface area contributed by atoms with Crippen LogP contribution in [0.3, 0.4) is 0 Å². The largest absolute Gasteiger partial charge is 0.497 e. The molecule has 9 heteroatoms. The van der Waals surface area contributed by atoms with Gasteiger partial charge >= 0.3 is 0 Å². The summed E-state index contributed by atoms with van der Waals surface area (Å²) < 4.78 is 12.6. The van der Waals surface area contributed by atoms with E-state index in [9.17, 15) is 4.79 Å². The highest BCUT2D eigenvalue weighted by molar-refractivity contribution is 7.99. The Hall–Kier alpha value is -3.85. The molecular formula is C26H27N5O3S. The van der Waals surface area contributed by atoms with E-state index >= 15 is 0 Å². The van der Waals surface area contributed by atoms with Crippen LogP contribution < -0.4 is 14.8 Å². The average molecular weight is 490 g/mol. The van der Waals surface area contributed by atoms with Crippen molar-refractivity contribution in [2.24, 2.45) is 0 Å². The second kappa shape index (κ2) is 11.1. The molecule has 0 saturated heterocycles. The Morgan fingerprint density at radius 2 is 1.89 bits per heavy atom. The summed E-state index contributed by atoms with van der Waals surface area (Å²) in [5, 5.41) is 12.4. The summed E-state index contributed by atoms with van der Waals surface area (Å²) in [7, 11) is 3.13. The molecule has 0 spiro atoms. The van der Waals surface area contributed by atoms with Gasteiger partial charge in [-0.15, -0.1) is 10.2 Å². The highest BCUT2D eigenvalue weighted by Crippen LogP contribution is 2.33. The summed E-state index contributed by atoms with van der Waals surface area (Å²) in [6.07, 6.45) is 3.48. The fourth-order valence-electron chi connectivity index (χ4n) is 3.67. The first-order chi connectivity index (χ1) is 17.0. The molecule has 0 unspecified atom stereocenters. The van der Waals surface area contributed by atoms with Crippen LogP contribution in [-0.2, 0) is 4.79 Å². The van der Waals surface area contributed by atoms with Crippen LogP contribution in [-0.4, -0.2) is 45.6 Å². The molecule has 0 saturated carbocycles. The highest BCUT2D eigenvalue weighted by atomic mass is 32.2. The van der Waals surface area contributed by atoms with Gasteiger partial charge in [0.05, 0.1) is 31.3 Å². The average Bonchev–Trinajstić information content (AvgIpc) is 3.31. The third-order valence-electron chi connectivity index (χ3n) is 5.37. The van der Waals surface area contributed by atoms with E-state index < -0.39 is 0 Å². The zero-order chi connectivity index (χ0) is 24.8. The maximum Gasteiger partial charge on any atom is 0.234 e. The Morgan fingerprint density at radius 1 is 1.06 bits per heavy atom. The summed E-state index contributed by atoms with van der Waals surface area (Å²) >= 11 is 1.31. The molecule has 2 aromatic heterocycles. The first-order valence-electron chi connectivity index (χ1n) is 11.1. The van der Waals surface area contributed by atoms with Crippen LogP contribution in [0.25, 0.3) is 17.1 Å². The van der Waals surface area contributed by atoms with E-state index in [-0.39, 0.29) is 17.6 Å². The van der Waals surface area contributed by atoms with Crippen LogP contribution in [0.1, 0.15) is 25.3 Å². The first-order valence-corrected chi connectivity index (χ1v) is 12.1. The fraction of sp³-hybridized carbons (Fsp3) is 0.231. The van der Waals surface area contributed by atoms with Gasteiger partial charge in [0.2, 0.25) is 5.91 Å². The molecule has 0 bridgehead atoms. The van der Waals surface area contributed by atoms with E-state index in [0.29, 0.717) is 28.2 Å². The SMILES string of the molecule is COc1ccc(OC)c(NC(=O)CSc2nnc(-c3cccnc3)n2-c2ccccc2C(C)C)c1. The monoisotopic (exact) mass is 489 g/mol. The van der Waals surface area contributed by atoms with Crippen LogP contribution in [0.4, 0.5) is 5.69 Å². The van der Waals surface area contributed by atoms with Crippen molar-refractivity contribution in [1.29, 1.82) is 0 Å². The van der Waals surface area contributed by atoms with E-state index in [2.05, 4.69) is 40.4 Å². The molecule has 0 atom stereocenters. The minimum absolute atomic E-state index is 0.134. The van der Waals surface area contributed by atoms with Crippen molar-refractivity contribution in [3.05, 3.63) is 72.6 Å². The molecule has 35 heavy (non-hydrogen) atoms. The second-order valence-corrected chi connectivity index (χ2v) is 8.94. The normalized spacial score (nSPS) is 10.9. The van der Waals surface area contributed by atoms with Crippen LogP contribution in [0.15, 0.2) is 72.1 Å². The standard InChI is InChI=1S/C26H27N5O3S/c1-17(2)20-9-5-6-10-22(20)31-25(18-8-7-13-27-15-18)29-30-26(31)35-16-24(32)28-21-14-19(33-3)11-12-23(21)34-4/h5-15,17H,16H2,1-4H3,(H,28,32). The van der Waals surface area contributed by atoms with Crippen molar-refractivity contribution in [3.63, 3.8) is 0 Å². The van der Waals surface area contributed by atoms with Crippen molar-refractivity contribution >= 4 is 23.4 Å². The first kappa shape index (κ1) is 24.3. The lowest BCUT2D eigenvalue weighted by Crippen LogP contribution is -2.15. The van der Waals surface area contributed by atoms with Crippen LogP contribution in [0, 0.1) is 0 Å². The number of para-hydroxylation sites is 1. The number of nitrogens with one attached hydrogen (secondary N) is 1. The molecule has 2 heterocycles. The molecule has 4 rings (SSSR count). The van der Waals surface area contributed by atoms with E-state index in [4.69, 9.17) is 9.47 Å². The number of benzene rings is 2. The number of amides is 1. The highest BCUT2D eigenvalue weighted by Gasteiger charge is 2.20. The summed E-state index contributed by atoms with van der Waals surface area (Å²) in [5.41, 5.74) is 3.52. The maximum atomic E-state index is 12.9. The summed E-state index contributed by atoms with van der Waals surface area (Å²) in [4.78, 5) is 17.1. The topological polar surface area (TPSA) is 91.2 Å². The van der Waals surface area contributed by atoms with Crippen molar-refractivity contribution < 1.29 is 14.3 Å². The molecule has 0 radical (unpaired) electrons. The smallest absolute Gasteiger partial charge is 0.234 e. The molecule has 4 aromatic rings. The minimum Gasteiger partial charge on any atom is -0.497 e. The van der Waals surface area contributed by atoms with Crippen molar-refractivity contribution in [2.75, 3.05) is 25.3 Å². The predicted octanol–water partition coefficient (Wildman–Crippen LogP) is 5.20. The number of rotatable bonds is 9. The van der Waals surface area contributed by atoms with Crippen molar-refractivity contribution in [3.8, 4) is 28.6 Å². The Kier molecular flexibility index (Phi) is 7.67. The van der Waals surface area contributed by atoms with Crippen LogP contribution in [0.2, 0.25) is 0 Å². The van der Waals surface area contributed by atoms with Gasteiger partial charge in [0, 0.05) is 24.0 Å². The molecule has 8 nitrogen and oxygen atoms in total. The van der Waals surface area contributed by atoms with E-state index in [0.717, 1.165) is 16.8 Å². The van der Waals surface area contributed by atoms with Crippen LogP contribution >= 0.6 is 11.8 Å². The van der Waals surface area contributed by atoms with Gasteiger partial charge in [-0.2, -0.15) is 0 Å². The van der Waals surface area contributed by atoms with Gasteiger partial charge in [0.1, 0.15) is 11.5 Å². The number of thioether (sulfide) groups is 1. The van der Waals surface area contributed by atoms with Gasteiger partial charge < -0.3 is 14.8 Å². The zero-order valence-electron chi connectivity index (χ0n) is 20.1. The lowest BCUT2D eigenvalue weighted by molar-refractivity contribution is -0.113. The van der Waals surface area contributed by atoms with Crippen LogP contribution in [0.5, 0.6) is 11.5 Å². The van der Waals surface area contributed by atoms with Gasteiger partial charge in [0.25, 0.3) is 0 Å². The van der Waals surface area contributed by atoms with Gasteiger partial charge in [-0.25, -0.2) is 0 Å². The quantitative estimate of drug-likeness (QED) is 0.323. The van der Waals surface area contributed by atoms with Gasteiger partial charge in [-0.1, -0.05) is 43.8 Å².